The van der Waals surface area contributed by atoms with E-state index in [0.717, 1.165) is 38.4 Å². The lowest BCUT2D eigenvalue weighted by Gasteiger charge is -2.37. The number of thiazole rings is 1. The molecule has 22 heavy (non-hydrogen) atoms. The van der Waals surface area contributed by atoms with Crippen LogP contribution in [0.4, 0.5) is 0 Å². The highest BCUT2D eigenvalue weighted by atomic mass is 32.1. The molecule has 0 aliphatic carbocycles. The van der Waals surface area contributed by atoms with E-state index >= 15 is 0 Å². The molecule has 0 amide bonds. The van der Waals surface area contributed by atoms with E-state index in [0.29, 0.717) is 6.42 Å². The Kier molecular flexibility index (Phi) is 5.58. The summed E-state index contributed by atoms with van der Waals surface area (Å²) in [4.78, 5) is 20.4. The number of hydrogen-bond donors (Lipinski definition) is 1. The molecule has 0 aromatic carbocycles. The Labute approximate surface area is 137 Å². The zero-order valence-electron chi connectivity index (χ0n) is 14.0. The van der Waals surface area contributed by atoms with Gasteiger partial charge in [0.1, 0.15) is 6.04 Å². The van der Waals surface area contributed by atoms with Gasteiger partial charge in [-0.15, -0.1) is 11.3 Å². The highest BCUT2D eigenvalue weighted by Gasteiger charge is 2.27. The number of rotatable bonds is 5. The number of carbonyl (C=O) groups is 1. The third kappa shape index (κ3) is 4.27. The average Bonchev–Trinajstić information content (AvgIpc) is 2.89. The molecule has 0 bridgehead atoms. The minimum absolute atomic E-state index is 0.109. The summed E-state index contributed by atoms with van der Waals surface area (Å²) < 4.78 is 0. The highest BCUT2D eigenvalue weighted by Crippen LogP contribution is 2.26. The van der Waals surface area contributed by atoms with Gasteiger partial charge >= 0.3 is 5.97 Å². The normalized spacial score (nSPS) is 19.3. The van der Waals surface area contributed by atoms with Gasteiger partial charge < -0.3 is 5.11 Å². The summed E-state index contributed by atoms with van der Waals surface area (Å²) in [6.45, 7) is 12.8. The summed E-state index contributed by atoms with van der Waals surface area (Å²) in [5, 5.41) is 12.6. The zero-order chi connectivity index (χ0) is 16.3. The van der Waals surface area contributed by atoms with Crippen molar-refractivity contribution in [3.8, 4) is 0 Å². The van der Waals surface area contributed by atoms with Gasteiger partial charge in [-0.05, 0) is 6.42 Å². The number of aromatic nitrogens is 1. The van der Waals surface area contributed by atoms with E-state index in [2.05, 4.69) is 36.0 Å². The predicted molar refractivity (Wildman–Crippen MR) is 89.4 cm³/mol. The van der Waals surface area contributed by atoms with E-state index in [4.69, 9.17) is 4.98 Å². The fraction of sp³-hybridized carbons (Fsp3) is 0.750. The number of carboxylic acid groups (broad SMARTS) is 1. The number of nitrogens with zero attached hydrogens (tertiary/aromatic N) is 3. The summed E-state index contributed by atoms with van der Waals surface area (Å²) >= 11 is 1.73. The number of piperazine rings is 1. The van der Waals surface area contributed by atoms with Gasteiger partial charge in [-0.3, -0.25) is 14.6 Å². The smallest absolute Gasteiger partial charge is 0.320 e. The van der Waals surface area contributed by atoms with Crippen LogP contribution in [0.5, 0.6) is 0 Å². The lowest BCUT2D eigenvalue weighted by molar-refractivity contribution is -0.144. The second-order valence-electron chi connectivity index (χ2n) is 6.97. The van der Waals surface area contributed by atoms with Crippen LogP contribution >= 0.6 is 11.3 Å². The third-order valence-corrected chi connectivity index (χ3v) is 5.42. The maximum Gasteiger partial charge on any atom is 0.320 e. The standard InChI is InChI=1S/C16H27N3O2S/c1-5-13(14(20)21)19-8-6-18(7-9-19)10-12-11-22-15(17-12)16(2,3)4/h11,13H,5-10H2,1-4H3,(H,20,21)/t13-/m1/s1. The topological polar surface area (TPSA) is 56.7 Å². The van der Waals surface area contributed by atoms with Crippen molar-refractivity contribution in [2.45, 2.75) is 52.1 Å². The van der Waals surface area contributed by atoms with Crippen LogP contribution in [0.15, 0.2) is 5.38 Å². The van der Waals surface area contributed by atoms with Gasteiger partial charge in [-0.2, -0.15) is 0 Å². The van der Waals surface area contributed by atoms with Gasteiger partial charge in [0.15, 0.2) is 0 Å². The second kappa shape index (κ2) is 7.06. The summed E-state index contributed by atoms with van der Waals surface area (Å²) in [6, 6.07) is -0.339. The van der Waals surface area contributed by atoms with Crippen molar-refractivity contribution in [1.82, 2.24) is 14.8 Å². The van der Waals surface area contributed by atoms with Crippen LogP contribution in [0.25, 0.3) is 0 Å². The molecule has 1 N–H and O–H groups in total. The van der Waals surface area contributed by atoms with E-state index in [1.807, 2.05) is 6.92 Å². The first-order valence-electron chi connectivity index (χ1n) is 7.95. The minimum Gasteiger partial charge on any atom is -0.480 e. The van der Waals surface area contributed by atoms with Crippen molar-refractivity contribution in [3.05, 3.63) is 16.1 Å². The molecule has 1 aromatic heterocycles. The molecule has 2 rings (SSSR count). The molecule has 1 aliphatic rings. The van der Waals surface area contributed by atoms with Crippen molar-refractivity contribution in [1.29, 1.82) is 0 Å². The molecule has 5 nitrogen and oxygen atoms in total. The first-order valence-corrected chi connectivity index (χ1v) is 8.83. The Hall–Kier alpha value is -0.980. The summed E-state index contributed by atoms with van der Waals surface area (Å²) in [7, 11) is 0. The van der Waals surface area contributed by atoms with Crippen LogP contribution in [0.2, 0.25) is 0 Å². The van der Waals surface area contributed by atoms with E-state index in [-0.39, 0.29) is 11.5 Å². The van der Waals surface area contributed by atoms with Gasteiger partial charge in [0.2, 0.25) is 0 Å². The van der Waals surface area contributed by atoms with Crippen LogP contribution in [0.1, 0.15) is 44.8 Å². The molecule has 0 spiro atoms. The largest absolute Gasteiger partial charge is 0.480 e. The van der Waals surface area contributed by atoms with Crippen LogP contribution in [0, 0.1) is 0 Å². The lowest BCUT2D eigenvalue weighted by Crippen LogP contribution is -2.52. The Morgan fingerprint density at radius 1 is 1.36 bits per heavy atom. The fourth-order valence-electron chi connectivity index (χ4n) is 2.78. The van der Waals surface area contributed by atoms with Gasteiger partial charge in [0, 0.05) is 43.5 Å². The molecule has 1 aliphatic heterocycles. The van der Waals surface area contributed by atoms with Crippen molar-refractivity contribution in [2.75, 3.05) is 26.2 Å². The summed E-state index contributed by atoms with van der Waals surface area (Å²) in [5.74, 6) is -0.703. The molecule has 2 heterocycles. The summed E-state index contributed by atoms with van der Waals surface area (Å²) in [5.41, 5.74) is 1.24. The minimum atomic E-state index is -0.703. The zero-order valence-corrected chi connectivity index (χ0v) is 14.8. The Balaban J connectivity index is 1.87. The van der Waals surface area contributed by atoms with Crippen LogP contribution in [-0.2, 0) is 16.8 Å². The summed E-state index contributed by atoms with van der Waals surface area (Å²) in [6.07, 6.45) is 0.663. The molecular formula is C16H27N3O2S. The SMILES string of the molecule is CC[C@H](C(=O)O)N1CCN(Cc2csc(C(C)(C)C)n2)CC1. The number of hydrogen-bond acceptors (Lipinski definition) is 5. The second-order valence-corrected chi connectivity index (χ2v) is 7.83. The van der Waals surface area contributed by atoms with Crippen molar-refractivity contribution in [2.24, 2.45) is 0 Å². The van der Waals surface area contributed by atoms with Gasteiger partial charge in [0.25, 0.3) is 0 Å². The molecule has 1 atom stereocenters. The molecule has 124 valence electrons. The van der Waals surface area contributed by atoms with E-state index < -0.39 is 5.97 Å². The van der Waals surface area contributed by atoms with Gasteiger partial charge in [-0.1, -0.05) is 27.7 Å². The number of carboxylic acids is 1. The quantitative estimate of drug-likeness (QED) is 0.901. The maximum absolute atomic E-state index is 11.2. The van der Waals surface area contributed by atoms with E-state index in [1.165, 1.54) is 5.01 Å². The predicted octanol–water partition coefficient (Wildman–Crippen LogP) is 2.42. The fourth-order valence-corrected chi connectivity index (χ4v) is 3.67. The Bertz CT molecular complexity index is 502. The van der Waals surface area contributed by atoms with Crippen LogP contribution in [0.3, 0.4) is 0 Å². The van der Waals surface area contributed by atoms with Gasteiger partial charge in [-0.25, -0.2) is 4.98 Å². The first kappa shape index (κ1) is 17.4. The Morgan fingerprint density at radius 3 is 2.45 bits per heavy atom. The first-order chi connectivity index (χ1) is 10.3. The monoisotopic (exact) mass is 325 g/mol. The lowest BCUT2D eigenvalue weighted by atomic mass is 9.98. The van der Waals surface area contributed by atoms with E-state index in [1.54, 1.807) is 11.3 Å². The number of aliphatic carboxylic acids is 1. The molecule has 6 heteroatoms. The average molecular weight is 325 g/mol. The molecule has 1 fully saturated rings. The Morgan fingerprint density at radius 2 is 2.00 bits per heavy atom. The maximum atomic E-state index is 11.2. The van der Waals surface area contributed by atoms with Crippen molar-refractivity contribution < 1.29 is 9.90 Å². The molecular weight excluding hydrogens is 298 g/mol. The van der Waals surface area contributed by atoms with E-state index in [9.17, 15) is 9.90 Å². The van der Waals surface area contributed by atoms with Crippen LogP contribution in [-0.4, -0.2) is 58.1 Å². The third-order valence-electron chi connectivity index (χ3n) is 4.10. The molecule has 1 saturated heterocycles. The molecule has 0 saturated carbocycles. The molecule has 1 aromatic rings. The highest BCUT2D eigenvalue weighted by molar-refractivity contribution is 7.09. The van der Waals surface area contributed by atoms with Gasteiger partial charge in [0.05, 0.1) is 10.7 Å². The van der Waals surface area contributed by atoms with Crippen LogP contribution < -0.4 is 0 Å². The van der Waals surface area contributed by atoms with Crippen molar-refractivity contribution >= 4 is 17.3 Å². The molecule has 0 unspecified atom stereocenters. The molecule has 0 radical (unpaired) electrons. The van der Waals surface area contributed by atoms with Crippen molar-refractivity contribution in [3.63, 3.8) is 0 Å².